The molecule has 2 rings (SSSR count). The second kappa shape index (κ2) is 6.51. The van der Waals surface area contributed by atoms with Gasteiger partial charge in [0.05, 0.1) is 0 Å². The molecule has 0 amide bonds. The van der Waals surface area contributed by atoms with Crippen molar-refractivity contribution in [3.63, 3.8) is 0 Å². The average molecular weight is 290 g/mol. The quantitative estimate of drug-likeness (QED) is 0.683. The Kier molecular flexibility index (Phi) is 4.72. The van der Waals surface area contributed by atoms with Crippen molar-refractivity contribution in [2.45, 2.75) is 24.8 Å². The molecular formula is C15H18N2O4. The molecule has 6 heteroatoms. The van der Waals surface area contributed by atoms with Crippen LogP contribution >= 0.6 is 0 Å². The molecule has 6 nitrogen and oxygen atoms in total. The van der Waals surface area contributed by atoms with E-state index in [0.29, 0.717) is 25.0 Å². The number of benzene rings is 1. The van der Waals surface area contributed by atoms with Crippen molar-refractivity contribution in [2.75, 3.05) is 6.54 Å². The van der Waals surface area contributed by atoms with Crippen LogP contribution in [0.1, 0.15) is 24.3 Å². The van der Waals surface area contributed by atoms with E-state index in [9.17, 15) is 9.59 Å². The first-order valence-corrected chi connectivity index (χ1v) is 6.76. The Morgan fingerprint density at radius 1 is 1.33 bits per heavy atom. The predicted molar refractivity (Wildman–Crippen MR) is 79.1 cm³/mol. The van der Waals surface area contributed by atoms with Crippen LogP contribution in [0, 0.1) is 0 Å². The summed E-state index contributed by atoms with van der Waals surface area (Å²) in [5, 5.41) is 9.87. The number of para-hydroxylation sites is 1. The van der Waals surface area contributed by atoms with E-state index in [2.05, 4.69) is 0 Å². The molecule has 0 fully saturated rings. The van der Waals surface area contributed by atoms with Crippen LogP contribution in [-0.2, 0) is 4.79 Å². The molecule has 0 bridgehead atoms. The van der Waals surface area contributed by atoms with Crippen LogP contribution < -0.4 is 17.1 Å². The Hall–Kier alpha value is -2.18. The van der Waals surface area contributed by atoms with E-state index in [4.69, 9.17) is 21.0 Å². The van der Waals surface area contributed by atoms with Crippen LogP contribution in [-0.4, -0.2) is 23.7 Å². The van der Waals surface area contributed by atoms with E-state index >= 15 is 0 Å². The zero-order valence-corrected chi connectivity index (χ0v) is 11.5. The van der Waals surface area contributed by atoms with Gasteiger partial charge in [-0.25, -0.2) is 4.79 Å². The molecule has 0 aliphatic rings. The second-order valence-corrected chi connectivity index (χ2v) is 4.93. The third-order valence-electron chi connectivity index (χ3n) is 3.51. The lowest BCUT2D eigenvalue weighted by Crippen LogP contribution is -2.38. The van der Waals surface area contributed by atoms with Crippen molar-refractivity contribution in [3.8, 4) is 0 Å². The number of fused-ring (bicyclic) bond motifs is 1. The van der Waals surface area contributed by atoms with Gasteiger partial charge in [0.15, 0.2) is 0 Å². The molecule has 2 atom stereocenters. The molecule has 0 saturated heterocycles. The Bertz CT molecular complexity index is 695. The first-order chi connectivity index (χ1) is 10.0. The maximum atomic E-state index is 12.1. The lowest BCUT2D eigenvalue weighted by atomic mass is 9.88. The maximum absolute atomic E-state index is 12.1. The molecule has 1 heterocycles. The van der Waals surface area contributed by atoms with Crippen LogP contribution in [0.15, 0.2) is 39.5 Å². The van der Waals surface area contributed by atoms with Crippen molar-refractivity contribution in [1.82, 2.24) is 0 Å². The van der Waals surface area contributed by atoms with Gasteiger partial charge in [0, 0.05) is 16.9 Å². The fourth-order valence-corrected chi connectivity index (χ4v) is 2.37. The lowest BCUT2D eigenvalue weighted by molar-refractivity contribution is -0.139. The monoisotopic (exact) mass is 290 g/mol. The van der Waals surface area contributed by atoms with Crippen molar-refractivity contribution in [2.24, 2.45) is 11.5 Å². The molecule has 1 aromatic carbocycles. The summed E-state index contributed by atoms with van der Waals surface area (Å²) in [6, 6.07) is 7.56. The molecule has 21 heavy (non-hydrogen) atoms. The smallest absolute Gasteiger partial charge is 0.339 e. The summed E-state index contributed by atoms with van der Waals surface area (Å²) in [7, 11) is 0. The van der Waals surface area contributed by atoms with Gasteiger partial charge in [-0.15, -0.1) is 0 Å². The highest BCUT2D eigenvalue weighted by molar-refractivity contribution is 5.78. The Balaban J connectivity index is 2.50. The first kappa shape index (κ1) is 15.2. The third kappa shape index (κ3) is 3.29. The van der Waals surface area contributed by atoms with Crippen molar-refractivity contribution < 1.29 is 14.3 Å². The van der Waals surface area contributed by atoms with Gasteiger partial charge in [0.2, 0.25) is 0 Å². The first-order valence-electron chi connectivity index (χ1n) is 6.76. The van der Waals surface area contributed by atoms with E-state index in [-0.39, 0.29) is 5.56 Å². The Morgan fingerprint density at radius 3 is 2.71 bits per heavy atom. The van der Waals surface area contributed by atoms with Crippen LogP contribution in [0.2, 0.25) is 0 Å². The van der Waals surface area contributed by atoms with E-state index < -0.39 is 23.6 Å². The van der Waals surface area contributed by atoms with Gasteiger partial charge in [0.1, 0.15) is 11.6 Å². The van der Waals surface area contributed by atoms with Crippen molar-refractivity contribution in [1.29, 1.82) is 0 Å². The average Bonchev–Trinajstić information content (AvgIpc) is 2.47. The molecule has 2 aromatic rings. The Morgan fingerprint density at radius 2 is 2.05 bits per heavy atom. The SMILES string of the molecule is NCCCC(c1cc2ccccc2oc1=O)[C@H](N)C(=O)O. The molecule has 5 N–H and O–H groups in total. The standard InChI is InChI=1S/C15H18N2O4/c16-7-3-5-10(13(17)14(18)19)11-8-9-4-1-2-6-12(9)21-15(11)20/h1-2,4,6,8,10,13H,3,5,7,16-17H2,(H,18,19)/t10?,13-/m0/s1. The van der Waals surface area contributed by atoms with Crippen LogP contribution in [0.5, 0.6) is 0 Å². The zero-order valence-electron chi connectivity index (χ0n) is 11.5. The van der Waals surface area contributed by atoms with Gasteiger partial charge >= 0.3 is 11.6 Å². The van der Waals surface area contributed by atoms with E-state index in [1.54, 1.807) is 24.3 Å². The molecule has 0 aliphatic carbocycles. The van der Waals surface area contributed by atoms with Gasteiger partial charge in [-0.1, -0.05) is 18.2 Å². The number of carboxylic acid groups (broad SMARTS) is 1. The highest BCUT2D eigenvalue weighted by Crippen LogP contribution is 2.24. The molecule has 1 unspecified atom stereocenters. The normalized spacial score (nSPS) is 14.0. The molecular weight excluding hydrogens is 272 g/mol. The summed E-state index contributed by atoms with van der Waals surface area (Å²) in [6.45, 7) is 0.405. The van der Waals surface area contributed by atoms with Gasteiger partial charge in [-0.2, -0.15) is 0 Å². The number of carbonyl (C=O) groups is 1. The van der Waals surface area contributed by atoms with Gasteiger partial charge in [-0.3, -0.25) is 4.79 Å². The van der Waals surface area contributed by atoms with Gasteiger partial charge in [-0.05, 0) is 31.5 Å². The number of nitrogens with two attached hydrogens (primary N) is 2. The summed E-state index contributed by atoms with van der Waals surface area (Å²) in [6.07, 6.45) is 1.00. The number of aliphatic carboxylic acids is 1. The molecule has 112 valence electrons. The fourth-order valence-electron chi connectivity index (χ4n) is 2.37. The Labute approximate surface area is 121 Å². The predicted octanol–water partition coefficient (Wildman–Crippen LogP) is 1.03. The minimum atomic E-state index is -1.17. The maximum Gasteiger partial charge on any atom is 0.339 e. The molecule has 0 spiro atoms. The van der Waals surface area contributed by atoms with Crippen LogP contribution in [0.25, 0.3) is 11.0 Å². The molecule has 1 aromatic heterocycles. The topological polar surface area (TPSA) is 120 Å². The number of carboxylic acids is 1. The lowest BCUT2D eigenvalue weighted by Gasteiger charge is -2.20. The van der Waals surface area contributed by atoms with E-state index in [1.165, 1.54) is 0 Å². The minimum absolute atomic E-state index is 0.289. The highest BCUT2D eigenvalue weighted by Gasteiger charge is 2.28. The highest BCUT2D eigenvalue weighted by atomic mass is 16.4. The van der Waals surface area contributed by atoms with Crippen molar-refractivity contribution in [3.05, 3.63) is 46.3 Å². The van der Waals surface area contributed by atoms with E-state index in [1.807, 2.05) is 6.07 Å². The number of hydrogen-bond donors (Lipinski definition) is 3. The third-order valence-corrected chi connectivity index (χ3v) is 3.51. The van der Waals surface area contributed by atoms with E-state index in [0.717, 1.165) is 5.39 Å². The molecule has 0 radical (unpaired) electrons. The minimum Gasteiger partial charge on any atom is -0.480 e. The largest absolute Gasteiger partial charge is 0.480 e. The second-order valence-electron chi connectivity index (χ2n) is 4.93. The summed E-state index contributed by atoms with van der Waals surface area (Å²) in [5.41, 5.74) is 11.4. The summed E-state index contributed by atoms with van der Waals surface area (Å²) in [5.74, 6) is -1.77. The zero-order chi connectivity index (χ0) is 15.4. The van der Waals surface area contributed by atoms with Crippen LogP contribution in [0.3, 0.4) is 0 Å². The van der Waals surface area contributed by atoms with Gasteiger partial charge < -0.3 is 21.0 Å². The van der Waals surface area contributed by atoms with Gasteiger partial charge in [0.25, 0.3) is 0 Å². The number of hydrogen-bond acceptors (Lipinski definition) is 5. The summed E-state index contributed by atoms with van der Waals surface area (Å²) in [4.78, 5) is 23.3. The van der Waals surface area contributed by atoms with Crippen molar-refractivity contribution >= 4 is 16.9 Å². The summed E-state index contributed by atoms with van der Waals surface area (Å²) < 4.78 is 5.25. The fraction of sp³-hybridized carbons (Fsp3) is 0.333. The van der Waals surface area contributed by atoms with Crippen LogP contribution in [0.4, 0.5) is 0 Å². The molecule has 0 aliphatic heterocycles. The molecule has 0 saturated carbocycles. The number of rotatable bonds is 6. The summed E-state index contributed by atoms with van der Waals surface area (Å²) >= 11 is 0.